The van der Waals surface area contributed by atoms with Crippen LogP contribution in [0.3, 0.4) is 0 Å². The smallest absolute Gasteiger partial charge is 0.322 e. The third kappa shape index (κ3) is 5.71. The Bertz CT molecular complexity index is 1640. The summed E-state index contributed by atoms with van der Waals surface area (Å²) in [4.78, 5) is 13.3. The molecule has 0 aromatic heterocycles. The van der Waals surface area contributed by atoms with Gasteiger partial charge in [-0.2, -0.15) is 13.2 Å². The van der Waals surface area contributed by atoms with Crippen molar-refractivity contribution < 1.29 is 30.8 Å². The molecule has 0 heterocycles. The van der Waals surface area contributed by atoms with Crippen molar-refractivity contribution in [3.8, 4) is 11.1 Å². The maximum absolute atomic E-state index is 14.8. The monoisotopic (exact) mass is 554 g/mol. The van der Waals surface area contributed by atoms with E-state index in [0.717, 1.165) is 29.3 Å². The summed E-state index contributed by atoms with van der Waals surface area (Å²) in [5.41, 5.74) is 1.40. The molecule has 39 heavy (non-hydrogen) atoms. The summed E-state index contributed by atoms with van der Waals surface area (Å²) in [6.07, 6.45) is -3.64. The number of amides is 1. The van der Waals surface area contributed by atoms with E-state index < -0.39 is 33.5 Å². The van der Waals surface area contributed by atoms with Gasteiger partial charge in [0.15, 0.2) is 0 Å². The van der Waals surface area contributed by atoms with Crippen molar-refractivity contribution in [1.29, 1.82) is 0 Å². The van der Waals surface area contributed by atoms with Crippen molar-refractivity contribution in [3.63, 3.8) is 0 Å². The standard InChI is InChI=1S/C29H22F4N2O3S/c30-26-8-4-7-25(18-9-12-21(13-10-18)29(31,32)33)27(26)28(36)34-22-14-11-19-15-23(17-20(19)16-22)35-39(37,38)24-5-2-1-3-6-24/h1-14,16,23,35H,15,17H2,(H,34,36). The zero-order valence-corrected chi connectivity index (χ0v) is 21.1. The van der Waals surface area contributed by atoms with Gasteiger partial charge in [0.2, 0.25) is 10.0 Å². The van der Waals surface area contributed by atoms with Crippen molar-refractivity contribution in [2.24, 2.45) is 0 Å². The number of fused-ring (bicyclic) bond motifs is 1. The molecule has 1 amide bonds. The number of hydrogen-bond acceptors (Lipinski definition) is 3. The fourth-order valence-electron chi connectivity index (χ4n) is 4.69. The van der Waals surface area contributed by atoms with Crippen LogP contribution in [0.4, 0.5) is 23.2 Å². The maximum atomic E-state index is 14.8. The highest BCUT2D eigenvalue weighted by Crippen LogP contribution is 2.33. The molecule has 2 N–H and O–H groups in total. The lowest BCUT2D eigenvalue weighted by Gasteiger charge is -2.13. The molecular formula is C29H22F4N2O3S. The fraction of sp³-hybridized carbons (Fsp3) is 0.138. The Morgan fingerprint density at radius 3 is 2.21 bits per heavy atom. The fourth-order valence-corrected chi connectivity index (χ4v) is 5.95. The summed E-state index contributed by atoms with van der Waals surface area (Å²) in [7, 11) is -3.70. The van der Waals surface area contributed by atoms with Gasteiger partial charge in [-0.25, -0.2) is 17.5 Å². The molecule has 4 aromatic rings. The summed E-state index contributed by atoms with van der Waals surface area (Å²) in [6, 6.07) is 20.9. The van der Waals surface area contributed by atoms with Crippen molar-refractivity contribution in [3.05, 3.63) is 119 Å². The normalized spacial score (nSPS) is 15.1. The van der Waals surface area contributed by atoms with E-state index in [2.05, 4.69) is 10.0 Å². The molecule has 1 atom stereocenters. The van der Waals surface area contributed by atoms with Gasteiger partial charge in [-0.1, -0.05) is 48.5 Å². The van der Waals surface area contributed by atoms with Gasteiger partial charge in [-0.15, -0.1) is 0 Å². The number of halogens is 4. The van der Waals surface area contributed by atoms with Gasteiger partial charge in [0.1, 0.15) is 5.82 Å². The largest absolute Gasteiger partial charge is 0.416 e. The molecule has 0 spiro atoms. The molecule has 0 saturated heterocycles. The van der Waals surface area contributed by atoms with Crippen molar-refractivity contribution in [2.75, 3.05) is 5.32 Å². The third-order valence-electron chi connectivity index (χ3n) is 6.54. The lowest BCUT2D eigenvalue weighted by Crippen LogP contribution is -2.35. The van der Waals surface area contributed by atoms with E-state index in [-0.39, 0.29) is 27.6 Å². The number of carbonyl (C=O) groups is 1. The molecule has 5 rings (SSSR count). The van der Waals surface area contributed by atoms with Crippen LogP contribution in [0, 0.1) is 5.82 Å². The minimum atomic E-state index is -4.52. The molecule has 0 aliphatic heterocycles. The first kappa shape index (κ1) is 26.6. The first-order valence-corrected chi connectivity index (χ1v) is 13.5. The Balaban J connectivity index is 1.34. The highest BCUT2D eigenvalue weighted by Gasteiger charge is 2.30. The summed E-state index contributed by atoms with van der Waals surface area (Å²) in [5, 5.41) is 2.67. The number of hydrogen-bond donors (Lipinski definition) is 2. The molecule has 0 saturated carbocycles. The molecule has 1 unspecified atom stereocenters. The maximum Gasteiger partial charge on any atom is 0.416 e. The van der Waals surface area contributed by atoms with Gasteiger partial charge in [0.25, 0.3) is 5.91 Å². The van der Waals surface area contributed by atoms with Gasteiger partial charge in [-0.05, 0) is 77.6 Å². The van der Waals surface area contributed by atoms with Gasteiger partial charge in [0, 0.05) is 11.7 Å². The predicted octanol–water partition coefficient (Wildman–Crippen LogP) is 6.21. The number of sulfonamides is 1. The van der Waals surface area contributed by atoms with E-state index in [4.69, 9.17) is 0 Å². The molecule has 0 radical (unpaired) electrons. The van der Waals surface area contributed by atoms with Crippen LogP contribution >= 0.6 is 0 Å². The summed E-state index contributed by atoms with van der Waals surface area (Å²) < 4.78 is 81.8. The Hall–Kier alpha value is -4.02. The highest BCUT2D eigenvalue weighted by atomic mass is 32.2. The van der Waals surface area contributed by atoms with Crippen LogP contribution in [-0.4, -0.2) is 20.4 Å². The number of alkyl halides is 3. The van der Waals surface area contributed by atoms with Crippen LogP contribution < -0.4 is 10.0 Å². The molecule has 0 fully saturated rings. The highest BCUT2D eigenvalue weighted by molar-refractivity contribution is 7.89. The molecule has 200 valence electrons. The van der Waals surface area contributed by atoms with Gasteiger partial charge in [-0.3, -0.25) is 4.79 Å². The molecule has 0 bridgehead atoms. The number of benzene rings is 4. The molecule has 1 aliphatic rings. The molecular weight excluding hydrogens is 532 g/mol. The summed E-state index contributed by atoms with van der Waals surface area (Å²) >= 11 is 0. The Kier molecular flexibility index (Phi) is 7.00. The molecule has 1 aliphatic carbocycles. The number of anilines is 1. The first-order chi connectivity index (χ1) is 18.5. The van der Waals surface area contributed by atoms with Crippen LogP contribution in [0.15, 0.2) is 95.9 Å². The second-order valence-electron chi connectivity index (χ2n) is 9.21. The Labute approximate surface area is 222 Å². The minimum Gasteiger partial charge on any atom is -0.322 e. The van der Waals surface area contributed by atoms with E-state index in [1.807, 2.05) is 0 Å². The van der Waals surface area contributed by atoms with E-state index in [0.29, 0.717) is 18.5 Å². The van der Waals surface area contributed by atoms with E-state index in [1.54, 1.807) is 36.4 Å². The van der Waals surface area contributed by atoms with Gasteiger partial charge >= 0.3 is 6.18 Å². The first-order valence-electron chi connectivity index (χ1n) is 12.0. The SMILES string of the molecule is O=C(Nc1ccc2c(c1)CC(NS(=O)(=O)c1ccccc1)C2)c1c(F)cccc1-c1ccc(C(F)(F)F)cc1. The number of carbonyl (C=O) groups excluding carboxylic acids is 1. The van der Waals surface area contributed by atoms with Crippen LogP contribution in [0.2, 0.25) is 0 Å². The third-order valence-corrected chi connectivity index (χ3v) is 8.07. The lowest BCUT2D eigenvalue weighted by molar-refractivity contribution is -0.137. The van der Waals surface area contributed by atoms with Crippen LogP contribution in [0.25, 0.3) is 11.1 Å². The number of nitrogens with one attached hydrogen (secondary N) is 2. The van der Waals surface area contributed by atoms with E-state index in [1.165, 1.54) is 36.4 Å². The number of rotatable bonds is 6. The van der Waals surface area contributed by atoms with E-state index >= 15 is 0 Å². The lowest BCUT2D eigenvalue weighted by atomic mass is 9.97. The van der Waals surface area contributed by atoms with Crippen LogP contribution in [0.1, 0.15) is 27.0 Å². The average molecular weight is 555 g/mol. The van der Waals surface area contributed by atoms with Crippen molar-refractivity contribution in [2.45, 2.75) is 30.0 Å². The average Bonchev–Trinajstić information content (AvgIpc) is 3.29. The molecule has 5 nitrogen and oxygen atoms in total. The van der Waals surface area contributed by atoms with Crippen LogP contribution in [-0.2, 0) is 29.0 Å². The summed E-state index contributed by atoms with van der Waals surface area (Å²) in [5.74, 6) is -1.58. The van der Waals surface area contributed by atoms with Crippen molar-refractivity contribution in [1.82, 2.24) is 4.72 Å². The Morgan fingerprint density at radius 1 is 0.821 bits per heavy atom. The second-order valence-corrected chi connectivity index (χ2v) is 10.9. The zero-order valence-electron chi connectivity index (χ0n) is 20.3. The van der Waals surface area contributed by atoms with Gasteiger partial charge < -0.3 is 5.32 Å². The van der Waals surface area contributed by atoms with E-state index in [9.17, 15) is 30.8 Å². The Morgan fingerprint density at radius 2 is 1.51 bits per heavy atom. The van der Waals surface area contributed by atoms with Crippen LogP contribution in [0.5, 0.6) is 0 Å². The van der Waals surface area contributed by atoms with Crippen molar-refractivity contribution >= 4 is 21.6 Å². The predicted molar refractivity (Wildman–Crippen MR) is 139 cm³/mol. The second kappa shape index (κ2) is 10.3. The topological polar surface area (TPSA) is 75.3 Å². The quantitative estimate of drug-likeness (QED) is 0.279. The molecule has 4 aromatic carbocycles. The summed E-state index contributed by atoms with van der Waals surface area (Å²) in [6.45, 7) is 0. The van der Waals surface area contributed by atoms with Gasteiger partial charge in [0.05, 0.1) is 16.0 Å². The zero-order chi connectivity index (χ0) is 27.8. The minimum absolute atomic E-state index is 0.151. The molecule has 10 heteroatoms.